The quantitative estimate of drug-likeness (QED) is 0.912. The fourth-order valence-electron chi connectivity index (χ4n) is 1.04. The van der Waals surface area contributed by atoms with Crippen molar-refractivity contribution in [2.75, 3.05) is 5.32 Å². The van der Waals surface area contributed by atoms with Crippen molar-refractivity contribution in [1.29, 1.82) is 0 Å². The Bertz CT molecular complexity index is 389. The Hall–Kier alpha value is -1.07. The van der Waals surface area contributed by atoms with Crippen molar-refractivity contribution < 1.29 is 18.3 Å². The van der Waals surface area contributed by atoms with Gasteiger partial charge in [-0.1, -0.05) is 23.2 Å². The minimum absolute atomic E-state index is 0.100. The van der Waals surface area contributed by atoms with E-state index in [2.05, 4.69) is 10.1 Å². The molecular weight excluding hydrogens is 263 g/mol. The lowest BCUT2D eigenvalue weighted by Crippen LogP contribution is -2.07. The summed E-state index contributed by atoms with van der Waals surface area (Å²) in [6, 6.07) is 2.54. The molecule has 1 aromatic rings. The van der Waals surface area contributed by atoms with E-state index >= 15 is 0 Å². The molecule has 0 saturated heterocycles. The molecule has 0 heterocycles. The van der Waals surface area contributed by atoms with E-state index in [1.807, 2.05) is 0 Å². The van der Waals surface area contributed by atoms with E-state index in [1.54, 1.807) is 0 Å². The number of halogens is 4. The maximum atomic E-state index is 12.0. The maximum Gasteiger partial charge on any atom is 0.387 e. The van der Waals surface area contributed by atoms with Crippen LogP contribution in [0.15, 0.2) is 12.1 Å². The third-order valence-electron chi connectivity index (χ3n) is 1.53. The first-order valence-corrected chi connectivity index (χ1v) is 4.87. The highest BCUT2D eigenvalue weighted by Gasteiger charge is 2.14. The van der Waals surface area contributed by atoms with Gasteiger partial charge in [-0.15, -0.1) is 0 Å². The number of carbonyl (C=O) groups is 1. The van der Waals surface area contributed by atoms with Crippen LogP contribution in [-0.4, -0.2) is 12.5 Å². The summed E-state index contributed by atoms with van der Waals surface area (Å²) in [4.78, 5) is 10.7. The smallest absolute Gasteiger partial charge is 0.387 e. The average Bonchev–Trinajstić information content (AvgIpc) is 2.10. The van der Waals surface area contributed by atoms with E-state index in [0.29, 0.717) is 5.69 Å². The topological polar surface area (TPSA) is 38.3 Å². The second kappa shape index (κ2) is 5.32. The van der Waals surface area contributed by atoms with Crippen LogP contribution in [0.25, 0.3) is 0 Å². The van der Waals surface area contributed by atoms with Gasteiger partial charge in [0.2, 0.25) is 5.91 Å². The number of carbonyl (C=O) groups excluding carboxylic acids is 1. The number of ether oxygens (including phenoxy) is 1. The predicted octanol–water partition coefficient (Wildman–Crippen LogP) is 3.55. The molecule has 0 aromatic heterocycles. The lowest BCUT2D eigenvalue weighted by molar-refractivity contribution is -0.114. The predicted molar refractivity (Wildman–Crippen MR) is 57.4 cm³/mol. The summed E-state index contributed by atoms with van der Waals surface area (Å²) in [5.74, 6) is -0.637. The van der Waals surface area contributed by atoms with E-state index in [4.69, 9.17) is 23.2 Å². The summed E-state index contributed by atoms with van der Waals surface area (Å²) in [6.45, 7) is -1.72. The molecule has 0 radical (unpaired) electrons. The maximum absolute atomic E-state index is 12.0. The van der Waals surface area contributed by atoms with E-state index in [-0.39, 0.29) is 21.7 Å². The highest BCUT2D eigenvalue weighted by atomic mass is 35.5. The van der Waals surface area contributed by atoms with Gasteiger partial charge in [-0.25, -0.2) is 0 Å². The molecule has 0 unspecified atom stereocenters. The number of rotatable bonds is 3. The second-order valence-corrected chi connectivity index (χ2v) is 3.64. The summed E-state index contributed by atoms with van der Waals surface area (Å²) < 4.78 is 28.1. The van der Waals surface area contributed by atoms with Crippen LogP contribution in [0.2, 0.25) is 10.0 Å². The summed E-state index contributed by atoms with van der Waals surface area (Å²) in [5, 5.41) is 2.22. The van der Waals surface area contributed by atoms with Gasteiger partial charge < -0.3 is 10.1 Å². The van der Waals surface area contributed by atoms with Crippen LogP contribution >= 0.6 is 23.2 Å². The highest BCUT2D eigenvalue weighted by molar-refractivity contribution is 6.37. The van der Waals surface area contributed by atoms with Crippen molar-refractivity contribution in [3.05, 3.63) is 22.2 Å². The van der Waals surface area contributed by atoms with Crippen LogP contribution < -0.4 is 10.1 Å². The SMILES string of the molecule is CC(=O)Nc1cc(Cl)c(OC(F)F)c(Cl)c1. The number of hydrogen-bond acceptors (Lipinski definition) is 2. The molecule has 1 aromatic carbocycles. The molecule has 0 aliphatic rings. The van der Waals surface area contributed by atoms with Crippen LogP contribution in [0, 0.1) is 0 Å². The van der Waals surface area contributed by atoms with Gasteiger partial charge in [0.05, 0.1) is 10.0 Å². The first-order valence-electron chi connectivity index (χ1n) is 4.11. The average molecular weight is 270 g/mol. The number of alkyl halides is 2. The summed E-state index contributed by atoms with van der Waals surface area (Å²) in [5.41, 5.74) is 0.309. The van der Waals surface area contributed by atoms with E-state index < -0.39 is 6.61 Å². The van der Waals surface area contributed by atoms with E-state index in [9.17, 15) is 13.6 Å². The molecule has 0 bridgehead atoms. The normalized spacial score (nSPS) is 10.4. The number of benzene rings is 1. The van der Waals surface area contributed by atoms with Crippen molar-refractivity contribution in [1.82, 2.24) is 0 Å². The molecule has 1 amide bonds. The zero-order valence-corrected chi connectivity index (χ0v) is 9.57. The lowest BCUT2D eigenvalue weighted by Gasteiger charge is -2.10. The van der Waals surface area contributed by atoms with Crippen LogP contribution in [0.5, 0.6) is 5.75 Å². The number of anilines is 1. The van der Waals surface area contributed by atoms with Crippen molar-refractivity contribution in [3.63, 3.8) is 0 Å². The van der Waals surface area contributed by atoms with Gasteiger partial charge in [0.25, 0.3) is 0 Å². The lowest BCUT2D eigenvalue weighted by atomic mass is 10.3. The number of hydrogen-bond donors (Lipinski definition) is 1. The second-order valence-electron chi connectivity index (χ2n) is 2.83. The number of amides is 1. The van der Waals surface area contributed by atoms with Crippen molar-refractivity contribution >= 4 is 34.8 Å². The van der Waals surface area contributed by atoms with Gasteiger partial charge in [0.1, 0.15) is 0 Å². The monoisotopic (exact) mass is 269 g/mol. The standard InChI is InChI=1S/C9H7Cl2F2NO2/c1-4(15)14-5-2-6(10)8(7(11)3-5)16-9(12)13/h2-3,9H,1H3,(H,14,15). The Morgan fingerprint density at radius 1 is 1.38 bits per heavy atom. The molecule has 0 spiro atoms. The summed E-state index contributed by atoms with van der Waals surface area (Å²) in [6.07, 6.45) is 0. The third-order valence-corrected chi connectivity index (χ3v) is 2.09. The number of nitrogens with one attached hydrogen (secondary N) is 1. The molecule has 7 heteroatoms. The van der Waals surface area contributed by atoms with Crippen LogP contribution in [0.1, 0.15) is 6.92 Å². The molecule has 1 N–H and O–H groups in total. The fourth-order valence-corrected chi connectivity index (χ4v) is 1.61. The van der Waals surface area contributed by atoms with Crippen molar-refractivity contribution in [2.45, 2.75) is 13.5 Å². The molecular formula is C9H7Cl2F2NO2. The van der Waals surface area contributed by atoms with E-state index in [0.717, 1.165) is 0 Å². The fraction of sp³-hybridized carbons (Fsp3) is 0.222. The Balaban J connectivity index is 3.02. The largest absolute Gasteiger partial charge is 0.432 e. The molecule has 88 valence electrons. The summed E-state index contributed by atoms with van der Waals surface area (Å²) >= 11 is 11.3. The molecule has 16 heavy (non-hydrogen) atoms. The van der Waals surface area contributed by atoms with Gasteiger partial charge in [0.15, 0.2) is 5.75 Å². The minimum atomic E-state index is -3.01. The summed E-state index contributed by atoms with van der Waals surface area (Å²) in [7, 11) is 0. The first kappa shape index (κ1) is 13.0. The van der Waals surface area contributed by atoms with Gasteiger partial charge in [0, 0.05) is 12.6 Å². The van der Waals surface area contributed by atoms with Gasteiger partial charge in [-0.2, -0.15) is 8.78 Å². The molecule has 1 rings (SSSR count). The van der Waals surface area contributed by atoms with Crippen molar-refractivity contribution in [2.24, 2.45) is 0 Å². The van der Waals surface area contributed by atoms with E-state index in [1.165, 1.54) is 19.1 Å². The molecule has 0 aliphatic heterocycles. The van der Waals surface area contributed by atoms with Gasteiger partial charge in [-0.05, 0) is 12.1 Å². The van der Waals surface area contributed by atoms with Crippen LogP contribution in [0.3, 0.4) is 0 Å². The molecule has 3 nitrogen and oxygen atoms in total. The molecule has 0 saturated carbocycles. The molecule has 0 aliphatic carbocycles. The molecule has 0 fully saturated rings. The Morgan fingerprint density at radius 2 is 1.88 bits per heavy atom. The Labute approximate surface area is 100 Å². The van der Waals surface area contributed by atoms with Gasteiger partial charge >= 0.3 is 6.61 Å². The molecule has 0 atom stereocenters. The van der Waals surface area contributed by atoms with Crippen LogP contribution in [0.4, 0.5) is 14.5 Å². The third kappa shape index (κ3) is 3.50. The zero-order chi connectivity index (χ0) is 12.3. The first-order chi connectivity index (χ1) is 7.40. The zero-order valence-electron chi connectivity index (χ0n) is 8.06. The highest BCUT2D eigenvalue weighted by Crippen LogP contribution is 2.36. The van der Waals surface area contributed by atoms with Crippen molar-refractivity contribution in [3.8, 4) is 5.75 Å². The minimum Gasteiger partial charge on any atom is -0.432 e. The Morgan fingerprint density at radius 3 is 2.25 bits per heavy atom. The van der Waals surface area contributed by atoms with Crippen LogP contribution in [-0.2, 0) is 4.79 Å². The Kier molecular flexibility index (Phi) is 4.32. The van der Waals surface area contributed by atoms with Gasteiger partial charge in [-0.3, -0.25) is 4.79 Å².